The van der Waals surface area contributed by atoms with Crippen LogP contribution in [-0.4, -0.2) is 52.4 Å². The molecule has 0 aliphatic carbocycles. The minimum absolute atomic E-state index is 0.0581. The largest absolute Gasteiger partial charge is 0.373 e. The Morgan fingerprint density at radius 2 is 1.09 bits per heavy atom. The van der Waals surface area contributed by atoms with Crippen LogP contribution >= 0.6 is 7.60 Å². The van der Waals surface area contributed by atoms with Gasteiger partial charge in [-0.3, -0.25) is 4.57 Å². The van der Waals surface area contributed by atoms with Gasteiger partial charge in [-0.2, -0.15) is 0 Å². The molecule has 0 aliphatic rings. The highest BCUT2D eigenvalue weighted by Gasteiger charge is 2.48. The van der Waals surface area contributed by atoms with Crippen LogP contribution in [0.2, 0.25) is 0 Å². The normalized spacial score (nSPS) is 15.1. The van der Waals surface area contributed by atoms with Gasteiger partial charge >= 0.3 is 7.60 Å². The average Bonchev–Trinajstić information content (AvgIpc) is 2.67. The first kappa shape index (κ1) is 31.6. The van der Waals surface area contributed by atoms with Crippen LogP contribution in [-0.2, 0) is 4.57 Å². The lowest BCUT2D eigenvalue weighted by Gasteiger charge is -2.35. The quantitative estimate of drug-likeness (QED) is 0.0729. The number of quaternary nitrogens is 1. The molecule has 0 aliphatic heterocycles. The zero-order chi connectivity index (χ0) is 24.3. The molecule has 0 aromatic rings. The van der Waals surface area contributed by atoms with Crippen molar-refractivity contribution < 1.29 is 23.9 Å². The molecule has 6 heteroatoms. The minimum atomic E-state index is -4.55. The standard InChI is InChI=1S/C26H52NO4P/c1-5-6-7-8-9-10-11-12-13-14-15-16-17-18-19-20-21-22-23-24-26(28,32(29,30)31)25-27(2,3)4/h8-9,12-13,28H,5-7,10-11,14-25H2,1-4H3,(H-,29,30,31)/p+1/b9-8-,13-12-. The molecule has 0 saturated carbocycles. The molecule has 0 spiro atoms. The van der Waals surface area contributed by atoms with E-state index in [2.05, 4.69) is 31.2 Å². The van der Waals surface area contributed by atoms with Gasteiger partial charge in [-0.25, -0.2) is 0 Å². The maximum absolute atomic E-state index is 11.8. The number of hydrogen-bond acceptors (Lipinski definition) is 2. The Morgan fingerprint density at radius 1 is 0.688 bits per heavy atom. The van der Waals surface area contributed by atoms with E-state index < -0.39 is 12.9 Å². The second kappa shape index (κ2) is 18.0. The number of unbranched alkanes of at least 4 members (excludes halogenated alkanes) is 12. The van der Waals surface area contributed by atoms with Crippen molar-refractivity contribution in [2.45, 2.75) is 115 Å². The lowest BCUT2D eigenvalue weighted by molar-refractivity contribution is -0.875. The second-order valence-electron chi connectivity index (χ2n) is 10.4. The molecule has 0 aromatic carbocycles. The Hall–Kier alpha value is -0.450. The number of likely N-dealkylation sites (N-methyl/N-ethyl adjacent to an activating group) is 1. The van der Waals surface area contributed by atoms with Crippen LogP contribution in [0.4, 0.5) is 0 Å². The Bertz CT molecular complexity index is 551. The van der Waals surface area contributed by atoms with Gasteiger partial charge in [-0.1, -0.05) is 89.0 Å². The fraction of sp³-hybridized carbons (Fsp3) is 0.846. The van der Waals surface area contributed by atoms with Crippen molar-refractivity contribution in [3.63, 3.8) is 0 Å². The summed E-state index contributed by atoms with van der Waals surface area (Å²) in [6.07, 6.45) is 26.9. The first-order valence-corrected chi connectivity index (χ1v) is 14.5. The summed E-state index contributed by atoms with van der Waals surface area (Å²) in [5.41, 5.74) is 0. The number of allylic oxidation sites excluding steroid dienone is 4. The van der Waals surface area contributed by atoms with Gasteiger partial charge < -0.3 is 19.4 Å². The Kier molecular flexibility index (Phi) is 17.7. The highest BCUT2D eigenvalue weighted by atomic mass is 31.2. The Labute approximate surface area is 198 Å². The predicted octanol–water partition coefficient (Wildman–Crippen LogP) is 6.93. The van der Waals surface area contributed by atoms with Crippen LogP contribution in [0.15, 0.2) is 24.3 Å². The van der Waals surface area contributed by atoms with Gasteiger partial charge in [0.25, 0.3) is 0 Å². The van der Waals surface area contributed by atoms with E-state index in [1.54, 1.807) is 0 Å². The smallest absolute Gasteiger partial charge is 0.362 e. The fourth-order valence-corrected chi connectivity index (χ4v) is 5.03. The van der Waals surface area contributed by atoms with Gasteiger partial charge in [-0.05, 0) is 44.9 Å². The first-order chi connectivity index (χ1) is 15.0. The van der Waals surface area contributed by atoms with Gasteiger partial charge in [-0.15, -0.1) is 0 Å². The molecule has 0 radical (unpaired) electrons. The van der Waals surface area contributed by atoms with Crippen molar-refractivity contribution in [1.29, 1.82) is 0 Å². The van der Waals surface area contributed by atoms with Crippen molar-refractivity contribution in [3.05, 3.63) is 24.3 Å². The molecule has 0 heterocycles. The summed E-state index contributed by atoms with van der Waals surface area (Å²) in [6.45, 7) is 2.29. The van der Waals surface area contributed by atoms with Gasteiger partial charge in [0, 0.05) is 0 Å². The molecule has 0 rings (SSSR count). The topological polar surface area (TPSA) is 77.8 Å². The monoisotopic (exact) mass is 474 g/mol. The highest BCUT2D eigenvalue weighted by molar-refractivity contribution is 7.53. The summed E-state index contributed by atoms with van der Waals surface area (Å²) in [6, 6.07) is 0. The van der Waals surface area contributed by atoms with Crippen molar-refractivity contribution in [2.24, 2.45) is 0 Å². The summed E-state index contributed by atoms with van der Waals surface area (Å²) >= 11 is 0. The zero-order valence-electron chi connectivity index (χ0n) is 21.5. The second-order valence-corrected chi connectivity index (χ2v) is 12.3. The summed E-state index contributed by atoms with van der Waals surface area (Å²) in [4.78, 5) is 19.2. The molecule has 1 unspecified atom stereocenters. The van der Waals surface area contributed by atoms with E-state index >= 15 is 0 Å². The predicted molar refractivity (Wildman–Crippen MR) is 138 cm³/mol. The third kappa shape index (κ3) is 18.0. The van der Waals surface area contributed by atoms with Crippen LogP contribution in [0.5, 0.6) is 0 Å². The number of rotatable bonds is 21. The third-order valence-electron chi connectivity index (χ3n) is 5.78. The Morgan fingerprint density at radius 3 is 1.53 bits per heavy atom. The minimum Gasteiger partial charge on any atom is -0.373 e. The molecule has 0 aromatic heterocycles. The molecule has 5 nitrogen and oxygen atoms in total. The maximum atomic E-state index is 11.8. The van der Waals surface area contributed by atoms with Crippen LogP contribution in [0.25, 0.3) is 0 Å². The SMILES string of the molecule is CCCC/C=C\CC/C=C\CCCCCCCCCCCC(O)(C[N+](C)(C)C)P(=O)(O)O. The molecule has 190 valence electrons. The summed E-state index contributed by atoms with van der Waals surface area (Å²) in [5.74, 6) is 0. The van der Waals surface area contributed by atoms with Gasteiger partial charge in [0.05, 0.1) is 21.1 Å². The fourth-order valence-electron chi connectivity index (χ4n) is 3.97. The van der Waals surface area contributed by atoms with Crippen molar-refractivity contribution >= 4 is 7.60 Å². The number of nitrogens with zero attached hydrogens (tertiary/aromatic N) is 1. The molecule has 32 heavy (non-hydrogen) atoms. The van der Waals surface area contributed by atoms with E-state index in [1.165, 1.54) is 57.8 Å². The molecule has 0 saturated heterocycles. The van der Waals surface area contributed by atoms with Crippen LogP contribution in [0.3, 0.4) is 0 Å². The van der Waals surface area contributed by atoms with Crippen molar-refractivity contribution in [1.82, 2.24) is 0 Å². The Balaban J connectivity index is 3.64. The van der Waals surface area contributed by atoms with Crippen LogP contribution < -0.4 is 0 Å². The number of aliphatic hydroxyl groups is 1. The first-order valence-electron chi connectivity index (χ1n) is 12.9. The maximum Gasteiger partial charge on any atom is 0.362 e. The van der Waals surface area contributed by atoms with Crippen molar-refractivity contribution in [3.8, 4) is 0 Å². The van der Waals surface area contributed by atoms with Gasteiger partial charge in [0.2, 0.25) is 5.34 Å². The zero-order valence-corrected chi connectivity index (χ0v) is 22.4. The molecule has 0 bridgehead atoms. The van der Waals surface area contributed by atoms with E-state index in [1.807, 2.05) is 21.1 Å². The molecule has 0 fully saturated rings. The van der Waals surface area contributed by atoms with E-state index in [0.29, 0.717) is 10.9 Å². The van der Waals surface area contributed by atoms with E-state index in [0.717, 1.165) is 32.1 Å². The molecular formula is C26H53NO4P+. The van der Waals surface area contributed by atoms with Crippen molar-refractivity contribution in [2.75, 3.05) is 27.7 Å². The summed E-state index contributed by atoms with van der Waals surface area (Å²) < 4.78 is 12.1. The molecule has 0 amide bonds. The van der Waals surface area contributed by atoms with E-state index in [9.17, 15) is 19.5 Å². The van der Waals surface area contributed by atoms with Crippen LogP contribution in [0, 0.1) is 0 Å². The summed E-state index contributed by atoms with van der Waals surface area (Å²) in [7, 11) is 0.969. The lowest BCUT2D eigenvalue weighted by atomic mass is 10.0. The third-order valence-corrected chi connectivity index (χ3v) is 7.22. The molecule has 3 N–H and O–H groups in total. The van der Waals surface area contributed by atoms with Gasteiger partial charge in [0.1, 0.15) is 6.54 Å². The van der Waals surface area contributed by atoms with E-state index in [4.69, 9.17) is 0 Å². The molecule has 1 atom stereocenters. The van der Waals surface area contributed by atoms with Crippen LogP contribution in [0.1, 0.15) is 110 Å². The highest BCUT2D eigenvalue weighted by Crippen LogP contribution is 2.52. The lowest BCUT2D eigenvalue weighted by Crippen LogP contribution is -2.49. The summed E-state index contributed by atoms with van der Waals surface area (Å²) in [5, 5.41) is 8.63. The van der Waals surface area contributed by atoms with E-state index in [-0.39, 0.29) is 13.0 Å². The number of hydrogen-bond donors (Lipinski definition) is 3. The molecular weight excluding hydrogens is 421 g/mol. The van der Waals surface area contributed by atoms with Gasteiger partial charge in [0.15, 0.2) is 0 Å². The average molecular weight is 475 g/mol.